The molecule has 0 N–H and O–H groups in total. The summed E-state index contributed by atoms with van der Waals surface area (Å²) in [6.07, 6.45) is 0. The summed E-state index contributed by atoms with van der Waals surface area (Å²) in [7, 11) is 0. The summed E-state index contributed by atoms with van der Waals surface area (Å²) < 4.78 is 6.77. The first-order valence-electron chi connectivity index (χ1n) is 11.0. The van der Waals surface area contributed by atoms with Gasteiger partial charge in [0, 0.05) is 43.5 Å². The van der Waals surface area contributed by atoms with Gasteiger partial charge >= 0.3 is 0 Å². The number of para-hydroxylation sites is 1. The number of anilines is 1. The number of ether oxygens (including phenoxy) is 1. The van der Waals surface area contributed by atoms with Crippen molar-refractivity contribution in [2.24, 2.45) is 0 Å². The molecule has 1 aliphatic heterocycles. The second-order valence-electron chi connectivity index (χ2n) is 7.78. The molecule has 1 aromatic heterocycles. The molecule has 32 heavy (non-hydrogen) atoms. The zero-order valence-electron chi connectivity index (χ0n) is 18.5. The Balaban J connectivity index is 1.47. The number of hydrogen-bond acceptors (Lipinski definition) is 5. The molecule has 2 aromatic carbocycles. The van der Waals surface area contributed by atoms with E-state index < -0.39 is 6.04 Å². The van der Waals surface area contributed by atoms with Crippen LogP contribution in [0.1, 0.15) is 19.9 Å². The predicted octanol–water partition coefficient (Wildman–Crippen LogP) is 3.22. The maximum atomic E-state index is 13.1. The first-order chi connectivity index (χ1) is 15.6. The molecular weight excluding hydrogens is 404 g/mol. The monoisotopic (exact) mass is 432 g/mol. The van der Waals surface area contributed by atoms with Crippen LogP contribution in [0.25, 0.3) is 11.3 Å². The molecule has 0 spiro atoms. The zero-order valence-corrected chi connectivity index (χ0v) is 18.5. The van der Waals surface area contributed by atoms with E-state index in [1.165, 1.54) is 10.7 Å². The molecule has 1 amide bonds. The van der Waals surface area contributed by atoms with Gasteiger partial charge in [-0.05, 0) is 56.3 Å². The van der Waals surface area contributed by atoms with Crippen molar-refractivity contribution in [1.29, 1.82) is 0 Å². The van der Waals surface area contributed by atoms with Gasteiger partial charge in [0.25, 0.3) is 5.56 Å². The lowest BCUT2D eigenvalue weighted by Gasteiger charge is -2.37. The van der Waals surface area contributed by atoms with E-state index >= 15 is 0 Å². The van der Waals surface area contributed by atoms with Crippen LogP contribution in [0, 0.1) is 0 Å². The highest BCUT2D eigenvalue weighted by Gasteiger charge is 2.27. The maximum absolute atomic E-state index is 13.1. The van der Waals surface area contributed by atoms with Crippen LogP contribution in [-0.4, -0.2) is 53.4 Å². The molecule has 1 unspecified atom stereocenters. The third kappa shape index (κ3) is 4.66. The van der Waals surface area contributed by atoms with Crippen LogP contribution in [0.15, 0.2) is 71.5 Å². The van der Waals surface area contributed by atoms with Gasteiger partial charge in [-0.15, -0.1) is 0 Å². The molecule has 7 heteroatoms. The highest BCUT2D eigenvalue weighted by Crippen LogP contribution is 2.21. The highest BCUT2D eigenvalue weighted by atomic mass is 16.5. The molecule has 3 aromatic rings. The second kappa shape index (κ2) is 9.68. The fourth-order valence-corrected chi connectivity index (χ4v) is 3.94. The molecule has 2 heterocycles. The van der Waals surface area contributed by atoms with Crippen LogP contribution in [0.3, 0.4) is 0 Å². The summed E-state index contributed by atoms with van der Waals surface area (Å²) in [5.74, 6) is 0.693. The normalized spacial score (nSPS) is 14.8. The Morgan fingerprint density at radius 3 is 2.31 bits per heavy atom. The van der Waals surface area contributed by atoms with Gasteiger partial charge in [0.1, 0.15) is 11.8 Å². The van der Waals surface area contributed by atoms with Gasteiger partial charge in [0.15, 0.2) is 0 Å². The molecule has 0 radical (unpaired) electrons. The minimum absolute atomic E-state index is 0.0869. The Morgan fingerprint density at radius 1 is 0.969 bits per heavy atom. The summed E-state index contributed by atoms with van der Waals surface area (Å²) in [6, 6.07) is 20.2. The van der Waals surface area contributed by atoms with Gasteiger partial charge in [-0.2, -0.15) is 5.10 Å². The van der Waals surface area contributed by atoms with Gasteiger partial charge in [0.05, 0.1) is 12.3 Å². The second-order valence-corrected chi connectivity index (χ2v) is 7.78. The van der Waals surface area contributed by atoms with E-state index in [0.717, 1.165) is 30.1 Å². The standard InChI is InChI=1S/C25H28N4O3/c1-3-32-22-11-9-20(10-12-22)23-13-14-24(30)29(26-23)19(2)25(31)28-17-15-27(16-18-28)21-7-5-4-6-8-21/h4-14,19H,3,15-18H2,1-2H3. The number of hydrogen-bond donors (Lipinski definition) is 0. The van der Waals surface area contributed by atoms with E-state index in [1.54, 1.807) is 13.0 Å². The molecule has 1 atom stereocenters. The smallest absolute Gasteiger partial charge is 0.267 e. The van der Waals surface area contributed by atoms with Crippen LogP contribution >= 0.6 is 0 Å². The highest BCUT2D eigenvalue weighted by molar-refractivity contribution is 5.80. The third-order valence-electron chi connectivity index (χ3n) is 5.72. The molecule has 0 saturated carbocycles. The van der Waals surface area contributed by atoms with Crippen molar-refractivity contribution in [2.75, 3.05) is 37.7 Å². The summed E-state index contributed by atoms with van der Waals surface area (Å²) in [6.45, 7) is 7.03. The number of carbonyl (C=O) groups is 1. The zero-order chi connectivity index (χ0) is 22.5. The van der Waals surface area contributed by atoms with E-state index in [4.69, 9.17) is 4.74 Å². The number of carbonyl (C=O) groups excluding carboxylic acids is 1. The number of piperazine rings is 1. The average Bonchev–Trinajstić information content (AvgIpc) is 2.85. The molecule has 7 nitrogen and oxygen atoms in total. The average molecular weight is 433 g/mol. The lowest BCUT2D eigenvalue weighted by molar-refractivity contribution is -0.135. The minimum atomic E-state index is -0.673. The third-order valence-corrected chi connectivity index (χ3v) is 5.72. The number of amides is 1. The van der Waals surface area contributed by atoms with E-state index in [1.807, 2.05) is 54.3 Å². The van der Waals surface area contributed by atoms with E-state index in [9.17, 15) is 9.59 Å². The molecule has 4 rings (SSSR count). The van der Waals surface area contributed by atoms with Crippen LogP contribution in [0.2, 0.25) is 0 Å². The van der Waals surface area contributed by atoms with E-state index in [-0.39, 0.29) is 11.5 Å². The van der Waals surface area contributed by atoms with Crippen LogP contribution in [0.5, 0.6) is 5.75 Å². The Kier molecular flexibility index (Phi) is 6.54. The Morgan fingerprint density at radius 2 is 1.66 bits per heavy atom. The van der Waals surface area contributed by atoms with Crippen molar-refractivity contribution >= 4 is 11.6 Å². The first-order valence-corrected chi connectivity index (χ1v) is 11.0. The molecule has 1 fully saturated rings. The summed E-state index contributed by atoms with van der Waals surface area (Å²) in [5, 5.41) is 4.50. The number of aromatic nitrogens is 2. The number of benzene rings is 2. The Hall–Kier alpha value is -3.61. The molecule has 1 aliphatic rings. The first kappa shape index (κ1) is 21.6. The van der Waals surface area contributed by atoms with Gasteiger partial charge in [-0.3, -0.25) is 9.59 Å². The largest absolute Gasteiger partial charge is 0.494 e. The van der Waals surface area contributed by atoms with Crippen molar-refractivity contribution in [1.82, 2.24) is 14.7 Å². The number of rotatable bonds is 6. The molecule has 166 valence electrons. The van der Waals surface area contributed by atoms with Crippen molar-refractivity contribution in [3.8, 4) is 17.0 Å². The van der Waals surface area contributed by atoms with Crippen molar-refractivity contribution < 1.29 is 9.53 Å². The lowest BCUT2D eigenvalue weighted by Crippen LogP contribution is -2.51. The summed E-state index contributed by atoms with van der Waals surface area (Å²) >= 11 is 0. The van der Waals surface area contributed by atoms with Crippen LogP contribution in [0.4, 0.5) is 5.69 Å². The molecule has 1 saturated heterocycles. The van der Waals surface area contributed by atoms with Gasteiger partial charge in [-0.1, -0.05) is 18.2 Å². The van der Waals surface area contributed by atoms with Gasteiger partial charge in [0.2, 0.25) is 5.91 Å². The molecular formula is C25H28N4O3. The van der Waals surface area contributed by atoms with Crippen molar-refractivity contribution in [2.45, 2.75) is 19.9 Å². The van der Waals surface area contributed by atoms with E-state index in [0.29, 0.717) is 25.4 Å². The van der Waals surface area contributed by atoms with E-state index in [2.05, 4.69) is 22.1 Å². The van der Waals surface area contributed by atoms with Gasteiger partial charge < -0.3 is 14.5 Å². The lowest BCUT2D eigenvalue weighted by atomic mass is 10.1. The fourth-order valence-electron chi connectivity index (χ4n) is 3.94. The Labute approximate surface area is 187 Å². The predicted molar refractivity (Wildman–Crippen MR) is 125 cm³/mol. The van der Waals surface area contributed by atoms with Gasteiger partial charge in [-0.25, -0.2) is 4.68 Å². The summed E-state index contributed by atoms with van der Waals surface area (Å²) in [4.78, 5) is 29.7. The Bertz CT molecular complexity index is 1100. The maximum Gasteiger partial charge on any atom is 0.267 e. The van der Waals surface area contributed by atoms with Crippen LogP contribution in [-0.2, 0) is 4.79 Å². The van der Waals surface area contributed by atoms with Crippen molar-refractivity contribution in [3.63, 3.8) is 0 Å². The van der Waals surface area contributed by atoms with Crippen molar-refractivity contribution in [3.05, 3.63) is 77.1 Å². The molecule has 0 bridgehead atoms. The minimum Gasteiger partial charge on any atom is -0.494 e. The van der Waals surface area contributed by atoms with Crippen LogP contribution < -0.4 is 15.2 Å². The topological polar surface area (TPSA) is 67.7 Å². The number of nitrogens with zero attached hydrogens (tertiary/aromatic N) is 4. The quantitative estimate of drug-likeness (QED) is 0.598. The molecule has 0 aliphatic carbocycles. The fraction of sp³-hybridized carbons (Fsp3) is 0.320. The summed E-state index contributed by atoms with van der Waals surface area (Å²) in [5.41, 5.74) is 2.37. The SMILES string of the molecule is CCOc1ccc(-c2ccc(=O)n(C(C)C(=O)N3CCN(c4ccccc4)CC3)n2)cc1.